The molecule has 0 radical (unpaired) electrons. The first-order valence-electron chi connectivity index (χ1n) is 5.30. The van der Waals surface area contributed by atoms with Crippen LogP contribution in [-0.4, -0.2) is 29.1 Å². The average Bonchev–Trinajstić information content (AvgIpc) is 2.23. The zero-order valence-electron chi connectivity index (χ0n) is 9.83. The van der Waals surface area contributed by atoms with Gasteiger partial charge in [-0.25, -0.2) is 14.8 Å². The molecule has 94 valence electrons. The lowest BCUT2D eigenvalue weighted by Crippen LogP contribution is -2.33. The molecule has 1 aromatic rings. The molecule has 0 saturated heterocycles. The molecule has 0 unspecified atom stereocenters. The number of carbonyl (C=O) groups excluding carboxylic acids is 1. The van der Waals surface area contributed by atoms with E-state index in [1.54, 1.807) is 0 Å². The maximum atomic E-state index is 10.5. The van der Waals surface area contributed by atoms with E-state index in [9.17, 15) is 4.79 Å². The zero-order chi connectivity index (χ0) is 12.8. The molecule has 0 aliphatic heterocycles. The van der Waals surface area contributed by atoms with Crippen molar-refractivity contribution in [1.29, 1.82) is 0 Å². The Balaban J connectivity index is 2.64. The van der Waals surface area contributed by atoms with Gasteiger partial charge in [0, 0.05) is 18.7 Å². The number of hydrogen-bond acceptors (Lipinski definition) is 4. The number of carbonyl (C=O) groups is 1. The summed E-state index contributed by atoms with van der Waals surface area (Å²) < 4.78 is 0. The molecule has 1 aromatic heterocycles. The second-order valence-corrected chi connectivity index (χ2v) is 4.16. The maximum Gasteiger partial charge on any atom is 0.312 e. The Morgan fingerprint density at radius 3 is 2.76 bits per heavy atom. The minimum absolute atomic E-state index is 0.218. The molecule has 0 aliphatic rings. The largest absolute Gasteiger partial charge is 0.368 e. The summed E-state index contributed by atoms with van der Waals surface area (Å²) >= 11 is 6.01. The summed E-state index contributed by atoms with van der Waals surface area (Å²) in [5.74, 6) is 0.904. The van der Waals surface area contributed by atoms with Crippen LogP contribution in [-0.2, 0) is 0 Å². The van der Waals surface area contributed by atoms with E-state index < -0.39 is 6.03 Å². The molecule has 0 aromatic carbocycles. The summed E-state index contributed by atoms with van der Waals surface area (Å²) in [7, 11) is 0. The molecule has 4 N–H and O–H groups in total. The van der Waals surface area contributed by atoms with Gasteiger partial charge in [-0.05, 0) is 5.92 Å². The highest BCUT2D eigenvalue weighted by Crippen LogP contribution is 2.27. The van der Waals surface area contributed by atoms with Crippen LogP contribution in [0.3, 0.4) is 0 Å². The van der Waals surface area contributed by atoms with E-state index in [1.807, 2.05) is 13.8 Å². The van der Waals surface area contributed by atoms with Crippen molar-refractivity contribution >= 4 is 23.4 Å². The Morgan fingerprint density at radius 2 is 2.18 bits per heavy atom. The molecular formula is C10H16ClN5O. The van der Waals surface area contributed by atoms with Gasteiger partial charge in [-0.3, -0.25) is 0 Å². The SMILES string of the molecule is CC(C)c1c(Cl)ncnc1NCCNC(N)=O. The second-order valence-electron chi connectivity index (χ2n) is 3.80. The van der Waals surface area contributed by atoms with Crippen molar-refractivity contribution in [3.63, 3.8) is 0 Å². The van der Waals surface area contributed by atoms with Crippen LogP contribution in [0.25, 0.3) is 0 Å². The summed E-state index contributed by atoms with van der Waals surface area (Å²) in [4.78, 5) is 18.5. The highest BCUT2D eigenvalue weighted by atomic mass is 35.5. The van der Waals surface area contributed by atoms with E-state index >= 15 is 0 Å². The van der Waals surface area contributed by atoms with Crippen LogP contribution >= 0.6 is 11.6 Å². The molecule has 0 bridgehead atoms. The lowest BCUT2D eigenvalue weighted by molar-refractivity contribution is 0.249. The van der Waals surface area contributed by atoms with E-state index in [4.69, 9.17) is 17.3 Å². The molecule has 6 nitrogen and oxygen atoms in total. The second kappa shape index (κ2) is 6.24. The lowest BCUT2D eigenvalue weighted by atomic mass is 10.1. The van der Waals surface area contributed by atoms with Gasteiger partial charge in [0.15, 0.2) is 0 Å². The van der Waals surface area contributed by atoms with E-state index in [2.05, 4.69) is 20.6 Å². The highest BCUT2D eigenvalue weighted by molar-refractivity contribution is 6.30. The van der Waals surface area contributed by atoms with E-state index in [1.165, 1.54) is 6.33 Å². The van der Waals surface area contributed by atoms with Crippen molar-refractivity contribution in [3.8, 4) is 0 Å². The summed E-state index contributed by atoms with van der Waals surface area (Å²) in [5.41, 5.74) is 5.82. The smallest absolute Gasteiger partial charge is 0.312 e. The number of nitrogens with zero attached hydrogens (tertiary/aromatic N) is 2. The number of nitrogens with one attached hydrogen (secondary N) is 2. The molecule has 0 saturated carbocycles. The monoisotopic (exact) mass is 257 g/mol. The van der Waals surface area contributed by atoms with Gasteiger partial charge in [-0.2, -0.15) is 0 Å². The number of primary amides is 1. The van der Waals surface area contributed by atoms with Crippen molar-refractivity contribution in [2.45, 2.75) is 19.8 Å². The molecule has 0 atom stereocenters. The van der Waals surface area contributed by atoms with Crippen molar-refractivity contribution in [2.24, 2.45) is 5.73 Å². The standard InChI is InChI=1S/C10H16ClN5O/c1-6(2)7-8(11)15-5-16-9(7)13-3-4-14-10(12)17/h5-6H,3-4H2,1-2H3,(H3,12,14,17)(H,13,15,16). The fourth-order valence-corrected chi connectivity index (χ4v) is 1.74. The molecule has 2 amide bonds. The third-order valence-corrected chi connectivity index (χ3v) is 2.43. The molecule has 1 rings (SSSR count). The normalized spacial score (nSPS) is 10.4. The summed E-state index contributed by atoms with van der Waals surface area (Å²) in [6.45, 7) is 4.97. The van der Waals surface area contributed by atoms with Crippen LogP contribution in [0.4, 0.5) is 10.6 Å². The number of rotatable bonds is 5. The Morgan fingerprint density at radius 1 is 1.47 bits per heavy atom. The molecule has 17 heavy (non-hydrogen) atoms. The van der Waals surface area contributed by atoms with Crippen LogP contribution in [0.1, 0.15) is 25.3 Å². The van der Waals surface area contributed by atoms with Gasteiger partial charge in [0.2, 0.25) is 0 Å². The number of nitrogens with two attached hydrogens (primary N) is 1. The van der Waals surface area contributed by atoms with Crippen molar-refractivity contribution < 1.29 is 4.79 Å². The molecule has 7 heteroatoms. The van der Waals surface area contributed by atoms with Gasteiger partial charge in [0.1, 0.15) is 17.3 Å². The third-order valence-electron chi connectivity index (χ3n) is 2.13. The first kappa shape index (κ1) is 13.5. The van der Waals surface area contributed by atoms with Gasteiger partial charge >= 0.3 is 6.03 Å². The highest BCUT2D eigenvalue weighted by Gasteiger charge is 2.12. The number of hydrogen-bond donors (Lipinski definition) is 3. The number of urea groups is 1. The Labute approximate surface area is 105 Å². The predicted molar refractivity (Wildman–Crippen MR) is 67.2 cm³/mol. The van der Waals surface area contributed by atoms with Crippen molar-refractivity contribution in [1.82, 2.24) is 15.3 Å². The minimum atomic E-state index is -0.545. The van der Waals surface area contributed by atoms with Gasteiger partial charge in [0.25, 0.3) is 0 Å². The maximum absolute atomic E-state index is 10.5. The summed E-state index contributed by atoms with van der Waals surface area (Å²) in [6.07, 6.45) is 1.40. The van der Waals surface area contributed by atoms with Crippen LogP contribution in [0.15, 0.2) is 6.33 Å². The summed E-state index contributed by atoms with van der Waals surface area (Å²) in [6, 6.07) is -0.545. The molecule has 1 heterocycles. The fraction of sp³-hybridized carbons (Fsp3) is 0.500. The molecule has 0 fully saturated rings. The predicted octanol–water partition coefficient (Wildman–Crippen LogP) is 1.33. The third kappa shape index (κ3) is 4.07. The van der Waals surface area contributed by atoms with Crippen LogP contribution in [0.5, 0.6) is 0 Å². The van der Waals surface area contributed by atoms with Crippen LogP contribution in [0, 0.1) is 0 Å². The van der Waals surface area contributed by atoms with Crippen molar-refractivity contribution in [3.05, 3.63) is 17.0 Å². The molecule has 0 spiro atoms. The zero-order valence-corrected chi connectivity index (χ0v) is 10.6. The minimum Gasteiger partial charge on any atom is -0.368 e. The number of anilines is 1. The Kier molecular flexibility index (Phi) is 4.96. The van der Waals surface area contributed by atoms with Crippen LogP contribution < -0.4 is 16.4 Å². The van der Waals surface area contributed by atoms with Gasteiger partial charge in [0.05, 0.1) is 0 Å². The molecule has 0 aliphatic carbocycles. The van der Waals surface area contributed by atoms with E-state index in [-0.39, 0.29) is 5.92 Å². The van der Waals surface area contributed by atoms with E-state index in [0.717, 1.165) is 5.56 Å². The quantitative estimate of drug-likeness (QED) is 0.548. The van der Waals surface area contributed by atoms with Gasteiger partial charge in [-0.15, -0.1) is 0 Å². The van der Waals surface area contributed by atoms with E-state index in [0.29, 0.717) is 24.1 Å². The topological polar surface area (TPSA) is 92.9 Å². The molecular weight excluding hydrogens is 242 g/mol. The summed E-state index contributed by atoms with van der Waals surface area (Å²) in [5, 5.41) is 6.01. The Hall–Kier alpha value is -1.56. The number of aromatic nitrogens is 2. The average molecular weight is 258 g/mol. The number of halogens is 1. The van der Waals surface area contributed by atoms with Crippen LogP contribution in [0.2, 0.25) is 5.15 Å². The lowest BCUT2D eigenvalue weighted by Gasteiger charge is -2.14. The first-order valence-corrected chi connectivity index (χ1v) is 5.67. The fourth-order valence-electron chi connectivity index (χ4n) is 1.39. The number of amides is 2. The Bertz CT molecular complexity index is 396. The first-order chi connectivity index (χ1) is 8.02. The van der Waals surface area contributed by atoms with Gasteiger partial charge in [-0.1, -0.05) is 25.4 Å². The van der Waals surface area contributed by atoms with Crippen molar-refractivity contribution in [2.75, 3.05) is 18.4 Å². The van der Waals surface area contributed by atoms with Gasteiger partial charge < -0.3 is 16.4 Å².